The van der Waals surface area contributed by atoms with Gasteiger partial charge in [0.25, 0.3) is 0 Å². The molecule has 2 rings (SSSR count). The average Bonchev–Trinajstić information content (AvgIpc) is 3.24. The Kier molecular flexibility index (Phi) is 10.3. The number of primary amides is 2. The molecule has 5 atom stereocenters. The summed E-state index contributed by atoms with van der Waals surface area (Å²) in [5, 5.41) is 26.4. The van der Waals surface area contributed by atoms with Crippen molar-refractivity contribution in [2.45, 2.75) is 56.5 Å². The summed E-state index contributed by atoms with van der Waals surface area (Å²) in [5.41, 5.74) is 17.2. The highest BCUT2D eigenvalue weighted by Gasteiger charge is 2.32. The zero-order valence-corrected chi connectivity index (χ0v) is 20.5. The monoisotopic (exact) mass is 533 g/mol. The van der Waals surface area contributed by atoms with Crippen molar-refractivity contribution in [1.82, 2.24) is 20.9 Å². The Balaban J connectivity index is 2.35. The van der Waals surface area contributed by atoms with Gasteiger partial charge in [-0.2, -0.15) is 0 Å². The minimum Gasteiger partial charge on any atom is -0.480 e. The summed E-state index contributed by atoms with van der Waals surface area (Å²) in [7, 11) is 0. The summed E-state index contributed by atoms with van der Waals surface area (Å²) in [6.07, 6.45) is -1.18. The van der Waals surface area contributed by atoms with Gasteiger partial charge in [0, 0.05) is 23.5 Å². The number of rotatable bonds is 14. The van der Waals surface area contributed by atoms with E-state index >= 15 is 0 Å². The number of aromatic nitrogens is 1. The normalized spacial score (nSPS) is 14.9. The topological polar surface area (TPSA) is 273 Å². The lowest BCUT2D eigenvalue weighted by atomic mass is 10.0. The Hall–Kier alpha value is -4.50. The second-order valence-electron chi connectivity index (χ2n) is 8.69. The van der Waals surface area contributed by atoms with Crippen LogP contribution in [-0.4, -0.2) is 81.0 Å². The maximum Gasteiger partial charge on any atom is 0.326 e. The first-order chi connectivity index (χ1) is 17.8. The van der Waals surface area contributed by atoms with Crippen LogP contribution >= 0.6 is 0 Å². The summed E-state index contributed by atoms with van der Waals surface area (Å²) in [6, 6.07) is 0.997. The third kappa shape index (κ3) is 8.28. The van der Waals surface area contributed by atoms with Gasteiger partial charge in [-0.25, -0.2) is 4.79 Å². The molecular weight excluding hydrogens is 502 g/mol. The van der Waals surface area contributed by atoms with Crippen LogP contribution in [0.1, 0.15) is 25.3 Å². The maximum absolute atomic E-state index is 13.1. The first-order valence-corrected chi connectivity index (χ1v) is 11.5. The molecule has 1 aromatic carbocycles. The fraction of sp³-hybridized carbons (Fsp3) is 0.391. The predicted octanol–water partition coefficient (Wildman–Crippen LogP) is -3.29. The summed E-state index contributed by atoms with van der Waals surface area (Å²) < 4.78 is 0. The van der Waals surface area contributed by atoms with Gasteiger partial charge in [0.2, 0.25) is 29.5 Å². The molecule has 1 heterocycles. The first kappa shape index (κ1) is 29.7. The molecule has 0 radical (unpaired) electrons. The van der Waals surface area contributed by atoms with Crippen LogP contribution in [0.3, 0.4) is 0 Å². The lowest BCUT2D eigenvalue weighted by Gasteiger charge is -2.25. The highest BCUT2D eigenvalue weighted by molar-refractivity contribution is 5.97. The molecule has 0 aliphatic carbocycles. The number of H-pyrrole nitrogens is 1. The van der Waals surface area contributed by atoms with Gasteiger partial charge in [-0.3, -0.25) is 24.0 Å². The number of fused-ring (bicyclic) bond motifs is 1. The zero-order chi connectivity index (χ0) is 28.6. The Morgan fingerprint density at radius 1 is 0.868 bits per heavy atom. The molecule has 5 unspecified atom stereocenters. The van der Waals surface area contributed by atoms with E-state index in [4.69, 9.17) is 17.2 Å². The number of benzene rings is 1. The highest BCUT2D eigenvalue weighted by Crippen LogP contribution is 2.19. The second-order valence-corrected chi connectivity index (χ2v) is 8.69. The molecule has 0 aliphatic rings. The Morgan fingerprint density at radius 2 is 1.39 bits per heavy atom. The van der Waals surface area contributed by atoms with Crippen molar-refractivity contribution in [3.05, 3.63) is 36.0 Å². The molecule has 0 fully saturated rings. The SMILES string of the molecule is CC(O)C(N)C(=O)NC(CC(N)=O)C(=O)NC(Cc1c[nH]c2ccccc12)C(=O)NC(CC(N)=O)C(=O)O. The van der Waals surface area contributed by atoms with Crippen molar-refractivity contribution in [3.63, 3.8) is 0 Å². The third-order valence-corrected chi connectivity index (χ3v) is 5.61. The quantitative estimate of drug-likeness (QED) is 0.117. The van der Waals surface area contributed by atoms with Crippen LogP contribution in [0.5, 0.6) is 0 Å². The Morgan fingerprint density at radius 3 is 1.97 bits per heavy atom. The summed E-state index contributed by atoms with van der Waals surface area (Å²) >= 11 is 0. The molecule has 0 aliphatic heterocycles. The number of hydrogen-bond donors (Lipinski definition) is 9. The van der Waals surface area contributed by atoms with Gasteiger partial charge in [-0.1, -0.05) is 18.2 Å². The molecule has 15 nitrogen and oxygen atoms in total. The van der Waals surface area contributed by atoms with Crippen LogP contribution < -0.4 is 33.2 Å². The van der Waals surface area contributed by atoms with Gasteiger partial charge < -0.3 is 48.3 Å². The molecule has 0 bridgehead atoms. The number of para-hydroxylation sites is 1. The number of aromatic amines is 1. The molecule has 0 saturated carbocycles. The number of aliphatic hydroxyl groups is 1. The minimum absolute atomic E-state index is 0.144. The number of amides is 5. The van der Waals surface area contributed by atoms with E-state index in [0.717, 1.165) is 10.9 Å². The molecule has 15 heteroatoms. The van der Waals surface area contributed by atoms with Gasteiger partial charge in [0.05, 0.1) is 18.9 Å². The number of carbonyl (C=O) groups excluding carboxylic acids is 5. The third-order valence-electron chi connectivity index (χ3n) is 5.61. The van der Waals surface area contributed by atoms with E-state index in [9.17, 15) is 39.0 Å². The smallest absolute Gasteiger partial charge is 0.326 e. The molecular formula is C23H31N7O8. The summed E-state index contributed by atoms with van der Waals surface area (Å²) in [6.45, 7) is 1.25. The number of aliphatic hydroxyl groups excluding tert-OH is 1. The molecule has 2 aromatic rings. The number of nitrogens with two attached hydrogens (primary N) is 3. The fourth-order valence-electron chi connectivity index (χ4n) is 3.57. The van der Waals surface area contributed by atoms with E-state index in [0.29, 0.717) is 5.56 Å². The van der Waals surface area contributed by atoms with Gasteiger partial charge in [0.1, 0.15) is 24.2 Å². The van der Waals surface area contributed by atoms with E-state index in [2.05, 4.69) is 20.9 Å². The molecule has 12 N–H and O–H groups in total. The van der Waals surface area contributed by atoms with Crippen LogP contribution in [0.4, 0.5) is 0 Å². The van der Waals surface area contributed by atoms with E-state index in [1.54, 1.807) is 30.5 Å². The van der Waals surface area contributed by atoms with Crippen molar-refractivity contribution in [2.24, 2.45) is 17.2 Å². The lowest BCUT2D eigenvalue weighted by molar-refractivity contribution is -0.143. The van der Waals surface area contributed by atoms with Crippen molar-refractivity contribution in [2.75, 3.05) is 0 Å². The number of carboxylic acid groups (broad SMARTS) is 1. The van der Waals surface area contributed by atoms with Gasteiger partial charge in [-0.05, 0) is 18.6 Å². The second kappa shape index (κ2) is 13.2. The van der Waals surface area contributed by atoms with E-state index < -0.39 is 78.6 Å². The Bertz CT molecular complexity index is 1210. The molecule has 38 heavy (non-hydrogen) atoms. The Labute approximate surface area is 216 Å². The van der Waals surface area contributed by atoms with Crippen molar-refractivity contribution >= 4 is 46.4 Å². The van der Waals surface area contributed by atoms with E-state index in [1.807, 2.05) is 0 Å². The fourth-order valence-corrected chi connectivity index (χ4v) is 3.57. The van der Waals surface area contributed by atoms with Gasteiger partial charge in [0.15, 0.2) is 0 Å². The summed E-state index contributed by atoms with van der Waals surface area (Å²) in [5.74, 6) is -6.39. The standard InChI is InChI=1S/C23H31N7O8/c1-10(31)19(26)22(36)29-15(7-17(24)32)21(35)28-14(20(34)30-16(23(37)38)8-18(25)33)6-11-9-27-13-5-3-2-4-12(11)13/h2-5,9-10,14-16,19,27,31H,6-8,26H2,1H3,(H2,24,32)(H2,25,33)(H,28,35)(H,29,36)(H,30,34)(H,37,38). The minimum atomic E-state index is -1.67. The summed E-state index contributed by atoms with van der Waals surface area (Å²) in [4.78, 5) is 75.9. The van der Waals surface area contributed by atoms with Crippen LogP contribution in [0.2, 0.25) is 0 Å². The van der Waals surface area contributed by atoms with E-state index in [1.165, 1.54) is 6.92 Å². The van der Waals surface area contributed by atoms with Crippen molar-refractivity contribution in [3.8, 4) is 0 Å². The molecule has 5 amide bonds. The number of carboxylic acids is 1. The molecule has 206 valence electrons. The van der Waals surface area contributed by atoms with Gasteiger partial charge >= 0.3 is 5.97 Å². The van der Waals surface area contributed by atoms with E-state index in [-0.39, 0.29) is 6.42 Å². The average molecular weight is 534 g/mol. The number of carbonyl (C=O) groups is 6. The predicted molar refractivity (Wildman–Crippen MR) is 133 cm³/mol. The first-order valence-electron chi connectivity index (χ1n) is 11.5. The number of aliphatic carboxylic acids is 1. The van der Waals surface area contributed by atoms with Crippen LogP contribution in [-0.2, 0) is 35.2 Å². The van der Waals surface area contributed by atoms with Crippen molar-refractivity contribution in [1.29, 1.82) is 0 Å². The molecule has 0 spiro atoms. The maximum atomic E-state index is 13.1. The molecule has 0 saturated heterocycles. The highest BCUT2D eigenvalue weighted by atomic mass is 16.4. The zero-order valence-electron chi connectivity index (χ0n) is 20.5. The van der Waals surface area contributed by atoms with Crippen molar-refractivity contribution < 1.29 is 39.0 Å². The lowest BCUT2D eigenvalue weighted by Crippen LogP contribution is -2.59. The van der Waals surface area contributed by atoms with Crippen LogP contribution in [0.15, 0.2) is 30.5 Å². The molecule has 1 aromatic heterocycles. The number of hydrogen-bond acceptors (Lipinski definition) is 8. The largest absolute Gasteiger partial charge is 0.480 e. The number of nitrogens with one attached hydrogen (secondary N) is 4. The van der Waals surface area contributed by atoms with Gasteiger partial charge in [-0.15, -0.1) is 0 Å². The van der Waals surface area contributed by atoms with Crippen LogP contribution in [0, 0.1) is 0 Å². The van der Waals surface area contributed by atoms with Crippen LogP contribution in [0.25, 0.3) is 10.9 Å².